The third-order valence-electron chi connectivity index (χ3n) is 0.793. The first-order chi connectivity index (χ1) is 3.93. The van der Waals surface area contributed by atoms with Gasteiger partial charge in [0, 0.05) is 6.20 Å². The summed E-state index contributed by atoms with van der Waals surface area (Å²) in [4.78, 5) is 6.66. The van der Waals surface area contributed by atoms with Crippen LogP contribution in [-0.4, -0.2) is 15.4 Å². The van der Waals surface area contributed by atoms with Gasteiger partial charge < -0.3 is 4.98 Å². The van der Waals surface area contributed by atoms with Crippen molar-refractivity contribution in [3.63, 3.8) is 0 Å². The molecule has 0 saturated carbocycles. The van der Waals surface area contributed by atoms with E-state index < -0.39 is 0 Å². The van der Waals surface area contributed by atoms with Crippen LogP contribution in [0.3, 0.4) is 0 Å². The maximum absolute atomic E-state index is 3.94. The molecule has 1 heterocycles. The van der Waals surface area contributed by atoms with Crippen LogP contribution in [-0.2, 0) is 0 Å². The highest BCUT2D eigenvalue weighted by Gasteiger charge is 1.79. The topological polar surface area (TPSA) is 24.9 Å². The molecule has 39 valence electrons. The summed E-state index contributed by atoms with van der Waals surface area (Å²) in [5, 5.41) is 0. The van der Waals surface area contributed by atoms with Crippen LogP contribution >= 0.6 is 0 Å². The summed E-state index contributed by atoms with van der Waals surface area (Å²) in [5.41, 5.74) is 0. The van der Waals surface area contributed by atoms with E-state index in [1.807, 2.05) is 18.2 Å². The molecule has 0 bridgehead atoms. The standard InChI is InChI=1S/C5H5N2Si/c8-7-5-3-1-2-4-6-5/h1-4H,(H,6,7). The molecule has 0 amide bonds. The Labute approximate surface area is 51.5 Å². The number of anilines is 1. The van der Waals surface area contributed by atoms with Crippen LogP contribution in [0.5, 0.6) is 0 Å². The first-order valence-electron chi connectivity index (χ1n) is 2.27. The van der Waals surface area contributed by atoms with Crippen LogP contribution in [0.15, 0.2) is 24.4 Å². The van der Waals surface area contributed by atoms with Crippen LogP contribution in [0.1, 0.15) is 0 Å². The van der Waals surface area contributed by atoms with Gasteiger partial charge in [-0.1, -0.05) is 6.07 Å². The van der Waals surface area contributed by atoms with Crippen molar-refractivity contribution in [3.8, 4) is 0 Å². The van der Waals surface area contributed by atoms with Gasteiger partial charge in [-0.05, 0) is 12.1 Å². The Kier molecular flexibility index (Phi) is 1.64. The van der Waals surface area contributed by atoms with Crippen LogP contribution in [0.4, 0.5) is 5.82 Å². The predicted octanol–water partition coefficient (Wildman–Crippen LogP) is 0.577. The fraction of sp³-hybridized carbons (Fsp3) is 0. The van der Waals surface area contributed by atoms with Crippen LogP contribution in [0.2, 0.25) is 0 Å². The first kappa shape index (κ1) is 5.31. The van der Waals surface area contributed by atoms with E-state index in [0.29, 0.717) is 0 Å². The Morgan fingerprint density at radius 2 is 2.38 bits per heavy atom. The molecule has 0 fully saturated rings. The highest BCUT2D eigenvalue weighted by molar-refractivity contribution is 6.15. The molecule has 1 aromatic rings. The minimum absolute atomic E-state index is 0.823. The maximum atomic E-state index is 3.94. The van der Waals surface area contributed by atoms with Gasteiger partial charge in [0.15, 0.2) is 10.4 Å². The van der Waals surface area contributed by atoms with Crippen LogP contribution < -0.4 is 4.98 Å². The van der Waals surface area contributed by atoms with Crippen molar-refractivity contribution >= 4 is 16.2 Å². The van der Waals surface area contributed by atoms with Gasteiger partial charge in [0.2, 0.25) is 0 Å². The Morgan fingerprint density at radius 3 is 2.75 bits per heavy atom. The molecule has 2 nitrogen and oxygen atoms in total. The van der Waals surface area contributed by atoms with Crippen molar-refractivity contribution in [1.82, 2.24) is 4.98 Å². The van der Waals surface area contributed by atoms with E-state index in [0.717, 1.165) is 5.82 Å². The van der Waals surface area contributed by atoms with Crippen molar-refractivity contribution in [1.29, 1.82) is 0 Å². The molecular formula is C5H5N2Si. The van der Waals surface area contributed by atoms with E-state index in [1.54, 1.807) is 6.20 Å². The molecule has 0 aromatic carbocycles. The minimum atomic E-state index is 0.823. The van der Waals surface area contributed by atoms with Gasteiger partial charge in [0.25, 0.3) is 0 Å². The molecule has 3 heteroatoms. The van der Waals surface area contributed by atoms with Gasteiger partial charge in [0.1, 0.15) is 5.82 Å². The maximum Gasteiger partial charge on any atom is 0.187 e. The molecule has 1 rings (SSSR count). The Balaban J connectivity index is 2.83. The van der Waals surface area contributed by atoms with Gasteiger partial charge >= 0.3 is 0 Å². The number of nitrogens with zero attached hydrogens (tertiary/aromatic N) is 1. The van der Waals surface area contributed by atoms with Crippen molar-refractivity contribution in [2.75, 3.05) is 4.98 Å². The summed E-state index contributed by atoms with van der Waals surface area (Å²) in [6.07, 6.45) is 1.72. The average Bonchev–Trinajstić information content (AvgIpc) is 1.90. The van der Waals surface area contributed by atoms with Crippen molar-refractivity contribution in [3.05, 3.63) is 24.4 Å². The lowest BCUT2D eigenvalue weighted by Gasteiger charge is -1.92. The molecular weight excluding hydrogens is 116 g/mol. The van der Waals surface area contributed by atoms with Gasteiger partial charge in [-0.15, -0.1) is 0 Å². The SMILES string of the molecule is [Si]Nc1ccccn1. The monoisotopic (exact) mass is 121 g/mol. The zero-order valence-electron chi connectivity index (χ0n) is 4.26. The van der Waals surface area contributed by atoms with E-state index in [9.17, 15) is 0 Å². The third kappa shape index (κ3) is 1.07. The van der Waals surface area contributed by atoms with Crippen LogP contribution in [0, 0.1) is 0 Å². The molecule has 0 saturated heterocycles. The summed E-state index contributed by atoms with van der Waals surface area (Å²) < 4.78 is 0. The fourth-order valence-electron chi connectivity index (χ4n) is 0.437. The number of pyridine rings is 1. The van der Waals surface area contributed by atoms with E-state index in [1.165, 1.54) is 0 Å². The number of hydrogen-bond donors (Lipinski definition) is 1. The second-order valence-corrected chi connectivity index (χ2v) is 1.59. The van der Waals surface area contributed by atoms with E-state index in [2.05, 4.69) is 20.4 Å². The molecule has 0 atom stereocenters. The van der Waals surface area contributed by atoms with Gasteiger partial charge in [-0.3, -0.25) is 0 Å². The lowest BCUT2D eigenvalue weighted by atomic mass is 10.5. The number of nitrogens with one attached hydrogen (secondary N) is 1. The Hall–Kier alpha value is -0.833. The van der Waals surface area contributed by atoms with Crippen molar-refractivity contribution in [2.24, 2.45) is 0 Å². The molecule has 8 heavy (non-hydrogen) atoms. The first-order valence-corrected chi connectivity index (χ1v) is 2.77. The number of hydrogen-bond acceptors (Lipinski definition) is 2. The number of aromatic nitrogens is 1. The molecule has 3 radical (unpaired) electrons. The highest BCUT2D eigenvalue weighted by Crippen LogP contribution is 1.95. The molecule has 0 aliphatic heterocycles. The van der Waals surface area contributed by atoms with Gasteiger partial charge in [-0.2, -0.15) is 0 Å². The smallest absolute Gasteiger partial charge is 0.187 e. The zero-order valence-corrected chi connectivity index (χ0v) is 5.26. The minimum Gasteiger partial charge on any atom is -0.397 e. The molecule has 0 unspecified atom stereocenters. The van der Waals surface area contributed by atoms with Crippen molar-refractivity contribution < 1.29 is 0 Å². The highest BCUT2D eigenvalue weighted by atomic mass is 28.2. The summed E-state index contributed by atoms with van der Waals surface area (Å²) in [5.74, 6) is 0.823. The van der Waals surface area contributed by atoms with Gasteiger partial charge in [0.05, 0.1) is 0 Å². The third-order valence-corrected chi connectivity index (χ3v) is 1.05. The normalized spacial score (nSPS) is 8.62. The lowest BCUT2D eigenvalue weighted by molar-refractivity contribution is 1.33. The second-order valence-electron chi connectivity index (χ2n) is 1.34. The fourth-order valence-corrected chi connectivity index (χ4v) is 0.585. The molecule has 0 aliphatic rings. The van der Waals surface area contributed by atoms with E-state index >= 15 is 0 Å². The van der Waals surface area contributed by atoms with Gasteiger partial charge in [-0.25, -0.2) is 4.98 Å². The summed E-state index contributed by atoms with van der Waals surface area (Å²) in [6, 6.07) is 5.65. The second kappa shape index (κ2) is 2.47. The summed E-state index contributed by atoms with van der Waals surface area (Å²) in [6.45, 7) is 0. The van der Waals surface area contributed by atoms with E-state index in [4.69, 9.17) is 0 Å². The lowest BCUT2D eigenvalue weighted by Crippen LogP contribution is -1.91. The van der Waals surface area contributed by atoms with Crippen LogP contribution in [0.25, 0.3) is 0 Å². The van der Waals surface area contributed by atoms with E-state index in [-0.39, 0.29) is 0 Å². The Morgan fingerprint density at radius 1 is 1.50 bits per heavy atom. The zero-order chi connectivity index (χ0) is 5.82. The molecule has 0 aliphatic carbocycles. The average molecular weight is 121 g/mol. The quantitative estimate of drug-likeness (QED) is 0.550. The molecule has 1 N–H and O–H groups in total. The summed E-state index contributed by atoms with van der Waals surface area (Å²) >= 11 is 0. The summed E-state index contributed by atoms with van der Waals surface area (Å²) in [7, 11) is 3.09. The molecule has 1 aromatic heterocycles. The number of rotatable bonds is 1. The Bertz CT molecular complexity index is 152. The van der Waals surface area contributed by atoms with Crippen molar-refractivity contribution in [2.45, 2.75) is 0 Å². The largest absolute Gasteiger partial charge is 0.397 e. The molecule has 0 spiro atoms. The predicted molar refractivity (Wildman–Crippen MR) is 33.6 cm³/mol.